The Kier molecular flexibility index (Phi) is 6.99. The van der Waals surface area contributed by atoms with Gasteiger partial charge in [0.15, 0.2) is 0 Å². The number of rotatable bonds is 6. The summed E-state index contributed by atoms with van der Waals surface area (Å²) in [4.78, 5) is 10.6. The number of alkyl halides is 2. The molecule has 6 heteroatoms. The van der Waals surface area contributed by atoms with Gasteiger partial charge in [0.05, 0.1) is 7.11 Å². The average Bonchev–Trinajstić information content (AvgIpc) is 2.16. The Balaban J connectivity index is 4.25. The van der Waals surface area contributed by atoms with E-state index < -0.39 is 11.9 Å². The molecule has 0 bridgehead atoms. The molecule has 0 heterocycles. The molecule has 0 atom stereocenters. The van der Waals surface area contributed by atoms with Crippen LogP contribution in [0.5, 0.6) is 0 Å². The molecule has 0 aromatic heterocycles. The quantitative estimate of drug-likeness (QED) is 0.461. The Morgan fingerprint density at radius 3 is 2.60 bits per heavy atom. The summed E-state index contributed by atoms with van der Waals surface area (Å²) in [5.74, 6) is -5.12. The van der Waals surface area contributed by atoms with E-state index in [2.05, 4.69) is 4.74 Å². The van der Waals surface area contributed by atoms with Crippen LogP contribution in [0.25, 0.3) is 0 Å². The highest BCUT2D eigenvalue weighted by molar-refractivity contribution is 14.1. The third kappa shape index (κ3) is 6.03. The van der Waals surface area contributed by atoms with Gasteiger partial charge in [0.25, 0.3) is 0 Å². The molecule has 1 N–H and O–H groups in total. The van der Waals surface area contributed by atoms with Crippen LogP contribution in [0.3, 0.4) is 0 Å². The number of aliphatic hydroxyl groups is 1. The predicted octanol–water partition coefficient (Wildman–Crippen LogP) is 2.28. The van der Waals surface area contributed by atoms with Gasteiger partial charge in [-0.3, -0.25) is 0 Å². The Labute approximate surface area is 101 Å². The molecule has 0 aliphatic heterocycles. The Morgan fingerprint density at radius 2 is 2.13 bits per heavy atom. The molecule has 0 fully saturated rings. The number of methoxy groups -OCH3 is 1. The molecule has 0 aromatic carbocycles. The molecule has 88 valence electrons. The zero-order valence-electron chi connectivity index (χ0n) is 8.30. The maximum atomic E-state index is 13.0. The number of aliphatic hydroxyl groups excluding tert-OH is 1. The molecule has 0 aliphatic rings. The normalized spacial score (nSPS) is 12.7. The first-order valence-electron chi connectivity index (χ1n) is 4.38. The second kappa shape index (κ2) is 7.10. The van der Waals surface area contributed by atoms with Gasteiger partial charge in [0, 0.05) is 12.7 Å². The zero-order chi connectivity index (χ0) is 11.9. The second-order valence-electron chi connectivity index (χ2n) is 2.89. The molecular formula is C9H13F2IO3. The number of unbranched alkanes of at least 4 members (excludes halogenated alkanes) is 1. The standard InChI is InChI=1S/C9H13F2IO3/c1-15-8(14)9(10,11)6-7(12)4-2-3-5-13/h6,13H,2-5H2,1H3. The van der Waals surface area contributed by atoms with E-state index in [0.29, 0.717) is 28.9 Å². The summed E-state index contributed by atoms with van der Waals surface area (Å²) in [6.07, 6.45) is 2.19. The van der Waals surface area contributed by atoms with Crippen LogP contribution in [0.2, 0.25) is 0 Å². The van der Waals surface area contributed by atoms with Crippen LogP contribution in [0, 0.1) is 0 Å². The van der Waals surface area contributed by atoms with Crippen LogP contribution < -0.4 is 0 Å². The van der Waals surface area contributed by atoms with E-state index >= 15 is 0 Å². The Hall–Kier alpha value is -0.240. The topological polar surface area (TPSA) is 46.5 Å². The molecule has 0 spiro atoms. The number of hydrogen-bond donors (Lipinski definition) is 1. The average molecular weight is 334 g/mol. The molecule has 15 heavy (non-hydrogen) atoms. The van der Waals surface area contributed by atoms with Gasteiger partial charge in [-0.25, -0.2) is 4.79 Å². The van der Waals surface area contributed by atoms with Gasteiger partial charge in [-0.2, -0.15) is 8.78 Å². The SMILES string of the molecule is COC(=O)C(F)(F)C=C(I)CCCCO. The van der Waals surface area contributed by atoms with Gasteiger partial charge in [-0.05, 0) is 45.4 Å². The van der Waals surface area contributed by atoms with Gasteiger partial charge in [-0.1, -0.05) is 0 Å². The zero-order valence-corrected chi connectivity index (χ0v) is 10.5. The van der Waals surface area contributed by atoms with E-state index in [9.17, 15) is 13.6 Å². The Bertz CT molecular complexity index is 242. The van der Waals surface area contributed by atoms with Crippen LogP contribution in [0.1, 0.15) is 19.3 Å². The lowest BCUT2D eigenvalue weighted by molar-refractivity contribution is -0.161. The number of carbonyl (C=O) groups is 1. The van der Waals surface area contributed by atoms with Gasteiger partial charge in [0.1, 0.15) is 0 Å². The first-order valence-corrected chi connectivity index (χ1v) is 5.46. The number of carbonyl (C=O) groups excluding carboxylic acids is 1. The fraction of sp³-hybridized carbons (Fsp3) is 0.667. The van der Waals surface area contributed by atoms with Crippen molar-refractivity contribution in [1.29, 1.82) is 0 Å². The first-order chi connectivity index (χ1) is 6.94. The predicted molar refractivity (Wildman–Crippen MR) is 60.0 cm³/mol. The third-order valence-corrected chi connectivity index (χ3v) is 2.47. The summed E-state index contributed by atoms with van der Waals surface area (Å²) in [6.45, 7) is 0.0390. The molecule has 0 aliphatic carbocycles. The summed E-state index contributed by atoms with van der Waals surface area (Å²) in [6, 6.07) is 0. The highest BCUT2D eigenvalue weighted by atomic mass is 127. The highest BCUT2D eigenvalue weighted by Gasteiger charge is 2.37. The van der Waals surface area contributed by atoms with Crippen molar-refractivity contribution < 1.29 is 23.4 Å². The summed E-state index contributed by atoms with van der Waals surface area (Å²) >= 11 is 1.75. The first kappa shape index (κ1) is 14.8. The van der Waals surface area contributed by atoms with Crippen molar-refractivity contribution in [3.8, 4) is 0 Å². The fourth-order valence-corrected chi connectivity index (χ4v) is 1.64. The van der Waals surface area contributed by atoms with Crippen LogP contribution in [0.15, 0.2) is 9.66 Å². The van der Waals surface area contributed by atoms with Crippen LogP contribution in [-0.2, 0) is 9.53 Å². The highest BCUT2D eigenvalue weighted by Crippen LogP contribution is 2.24. The Morgan fingerprint density at radius 1 is 1.53 bits per heavy atom. The minimum absolute atomic E-state index is 0.0390. The van der Waals surface area contributed by atoms with Crippen molar-refractivity contribution in [3.05, 3.63) is 9.66 Å². The third-order valence-electron chi connectivity index (χ3n) is 1.62. The van der Waals surface area contributed by atoms with E-state index in [1.54, 1.807) is 22.6 Å². The molecule has 0 rings (SSSR count). The molecule has 0 aromatic rings. The molecule has 0 unspecified atom stereocenters. The minimum Gasteiger partial charge on any atom is -0.464 e. The van der Waals surface area contributed by atoms with Crippen molar-refractivity contribution >= 4 is 28.6 Å². The number of esters is 1. The summed E-state index contributed by atoms with van der Waals surface area (Å²) in [5.41, 5.74) is 0. The summed E-state index contributed by atoms with van der Waals surface area (Å²) in [5, 5.41) is 8.49. The van der Waals surface area contributed by atoms with Crippen molar-refractivity contribution in [2.45, 2.75) is 25.2 Å². The van der Waals surface area contributed by atoms with Gasteiger partial charge >= 0.3 is 11.9 Å². The maximum Gasteiger partial charge on any atom is 0.381 e. The van der Waals surface area contributed by atoms with Gasteiger partial charge in [0.2, 0.25) is 0 Å². The molecular weight excluding hydrogens is 321 g/mol. The largest absolute Gasteiger partial charge is 0.464 e. The summed E-state index contributed by atoms with van der Waals surface area (Å²) < 4.78 is 30.3. The van der Waals surface area contributed by atoms with Crippen LogP contribution in [0.4, 0.5) is 8.78 Å². The lowest BCUT2D eigenvalue weighted by Gasteiger charge is -2.09. The maximum absolute atomic E-state index is 13.0. The van der Waals surface area contributed by atoms with Gasteiger partial charge < -0.3 is 9.84 Å². The molecule has 0 saturated heterocycles. The van der Waals surface area contributed by atoms with Crippen LogP contribution >= 0.6 is 22.6 Å². The lowest BCUT2D eigenvalue weighted by atomic mass is 10.2. The van der Waals surface area contributed by atoms with E-state index in [0.717, 1.165) is 7.11 Å². The van der Waals surface area contributed by atoms with E-state index in [-0.39, 0.29) is 6.61 Å². The monoisotopic (exact) mass is 334 g/mol. The fourth-order valence-electron chi connectivity index (χ4n) is 0.870. The van der Waals surface area contributed by atoms with Crippen LogP contribution in [-0.4, -0.2) is 30.7 Å². The van der Waals surface area contributed by atoms with E-state index in [4.69, 9.17) is 5.11 Å². The van der Waals surface area contributed by atoms with Crippen molar-refractivity contribution in [2.24, 2.45) is 0 Å². The van der Waals surface area contributed by atoms with Crippen molar-refractivity contribution in [2.75, 3.05) is 13.7 Å². The molecule has 0 radical (unpaired) electrons. The number of allylic oxidation sites excluding steroid dienone is 1. The van der Waals surface area contributed by atoms with Crippen molar-refractivity contribution in [1.82, 2.24) is 0 Å². The minimum atomic E-state index is -3.56. The van der Waals surface area contributed by atoms with Crippen molar-refractivity contribution in [3.63, 3.8) is 0 Å². The molecule has 0 saturated carbocycles. The van der Waals surface area contributed by atoms with E-state index in [1.165, 1.54) is 0 Å². The number of ether oxygens (including phenoxy) is 1. The summed E-state index contributed by atoms with van der Waals surface area (Å²) in [7, 11) is 0.919. The number of hydrogen-bond acceptors (Lipinski definition) is 3. The molecule has 0 amide bonds. The van der Waals surface area contributed by atoms with Gasteiger partial charge in [-0.15, -0.1) is 0 Å². The van der Waals surface area contributed by atoms with E-state index in [1.807, 2.05) is 0 Å². The lowest BCUT2D eigenvalue weighted by Crippen LogP contribution is -2.27. The molecule has 3 nitrogen and oxygen atoms in total. The second-order valence-corrected chi connectivity index (χ2v) is 4.27. The number of halogens is 3. The smallest absolute Gasteiger partial charge is 0.381 e.